The van der Waals surface area contributed by atoms with Gasteiger partial charge in [-0.2, -0.15) is 0 Å². The van der Waals surface area contributed by atoms with E-state index in [9.17, 15) is 0 Å². The molecule has 0 aliphatic carbocycles. The van der Waals surface area contributed by atoms with Gasteiger partial charge in [-0.25, -0.2) is 20.8 Å². The fourth-order valence-corrected chi connectivity index (χ4v) is 2.17. The van der Waals surface area contributed by atoms with Gasteiger partial charge in [-0.1, -0.05) is 0 Å². The summed E-state index contributed by atoms with van der Waals surface area (Å²) in [6.45, 7) is 3.89. The summed E-state index contributed by atoms with van der Waals surface area (Å²) in [5.41, 5.74) is 4.46. The third kappa shape index (κ3) is 2.53. The fourth-order valence-electron chi connectivity index (χ4n) is 1.40. The minimum atomic E-state index is 0.635. The molecule has 0 aliphatic heterocycles. The van der Waals surface area contributed by atoms with Crippen LogP contribution in [-0.2, 0) is 6.42 Å². The lowest BCUT2D eigenvalue weighted by Crippen LogP contribution is -2.11. The minimum absolute atomic E-state index is 0.635. The second-order valence-corrected chi connectivity index (χ2v) is 4.46. The molecular formula is C10H13N5S. The minimum Gasteiger partial charge on any atom is -0.308 e. The summed E-state index contributed by atoms with van der Waals surface area (Å²) in [5, 5.41) is 3.04. The highest BCUT2D eigenvalue weighted by Crippen LogP contribution is 2.13. The van der Waals surface area contributed by atoms with E-state index in [4.69, 9.17) is 5.84 Å². The van der Waals surface area contributed by atoms with E-state index in [1.807, 2.05) is 19.2 Å². The molecule has 2 rings (SSSR count). The van der Waals surface area contributed by atoms with E-state index < -0.39 is 0 Å². The highest BCUT2D eigenvalue weighted by molar-refractivity contribution is 7.09. The monoisotopic (exact) mass is 235 g/mol. The number of aryl methyl sites for hydroxylation is 2. The Kier molecular flexibility index (Phi) is 3.12. The molecule has 2 heterocycles. The first kappa shape index (κ1) is 11.0. The molecule has 2 aromatic rings. The number of nitrogens with two attached hydrogens (primary N) is 1. The van der Waals surface area contributed by atoms with Crippen molar-refractivity contribution in [2.45, 2.75) is 20.3 Å². The van der Waals surface area contributed by atoms with Gasteiger partial charge in [0, 0.05) is 22.8 Å². The number of nitrogen functional groups attached to an aromatic ring is 1. The first-order valence-electron chi connectivity index (χ1n) is 4.89. The maximum absolute atomic E-state index is 5.33. The van der Waals surface area contributed by atoms with Crippen LogP contribution in [0.1, 0.15) is 22.2 Å². The van der Waals surface area contributed by atoms with Crippen molar-refractivity contribution in [1.29, 1.82) is 0 Å². The van der Waals surface area contributed by atoms with E-state index in [0.29, 0.717) is 12.2 Å². The van der Waals surface area contributed by atoms with Crippen LogP contribution in [0.2, 0.25) is 0 Å². The number of rotatable bonds is 3. The smallest absolute Gasteiger partial charge is 0.143 e. The summed E-state index contributed by atoms with van der Waals surface area (Å²) in [4.78, 5) is 13.0. The van der Waals surface area contributed by atoms with E-state index in [1.165, 1.54) is 0 Å². The Bertz CT molecular complexity index is 494. The van der Waals surface area contributed by atoms with E-state index in [-0.39, 0.29) is 0 Å². The molecule has 2 aromatic heterocycles. The number of hydrogen-bond acceptors (Lipinski definition) is 6. The summed E-state index contributed by atoms with van der Waals surface area (Å²) in [6.07, 6.45) is 0.648. The maximum atomic E-state index is 5.33. The highest BCUT2D eigenvalue weighted by atomic mass is 32.1. The van der Waals surface area contributed by atoms with Crippen LogP contribution in [0.5, 0.6) is 0 Å². The molecule has 0 saturated heterocycles. The van der Waals surface area contributed by atoms with Crippen molar-refractivity contribution < 1.29 is 0 Å². The molecule has 0 atom stereocenters. The summed E-state index contributed by atoms with van der Waals surface area (Å²) in [5.74, 6) is 6.71. The first-order chi connectivity index (χ1) is 7.67. The average Bonchev–Trinajstić information content (AvgIpc) is 2.63. The number of thiazole rings is 1. The zero-order valence-corrected chi connectivity index (χ0v) is 10.0. The van der Waals surface area contributed by atoms with Crippen LogP contribution < -0.4 is 11.3 Å². The van der Waals surface area contributed by atoms with Gasteiger partial charge in [-0.15, -0.1) is 11.3 Å². The molecule has 0 aliphatic rings. The standard InChI is InChI=1S/C10H13N5S/c1-6-3-9(15-11)14-8(12-6)4-10-13-7(2)5-16-10/h3,5H,4,11H2,1-2H3,(H,12,14,15). The molecule has 16 heavy (non-hydrogen) atoms. The third-order valence-electron chi connectivity index (χ3n) is 2.02. The Morgan fingerprint density at radius 2 is 2.06 bits per heavy atom. The molecule has 0 saturated carbocycles. The summed E-state index contributed by atoms with van der Waals surface area (Å²) >= 11 is 1.62. The van der Waals surface area contributed by atoms with Crippen molar-refractivity contribution in [2.24, 2.45) is 5.84 Å². The Morgan fingerprint density at radius 1 is 1.25 bits per heavy atom. The molecule has 0 bridgehead atoms. The van der Waals surface area contributed by atoms with Crippen molar-refractivity contribution >= 4 is 17.2 Å². The highest BCUT2D eigenvalue weighted by Gasteiger charge is 2.05. The van der Waals surface area contributed by atoms with Gasteiger partial charge in [-0.05, 0) is 13.8 Å². The van der Waals surface area contributed by atoms with Crippen LogP contribution in [-0.4, -0.2) is 15.0 Å². The normalized spacial score (nSPS) is 10.4. The summed E-state index contributed by atoms with van der Waals surface area (Å²) in [6, 6.07) is 1.80. The number of anilines is 1. The lowest BCUT2D eigenvalue weighted by atomic mass is 10.3. The van der Waals surface area contributed by atoms with Crippen LogP contribution in [0.15, 0.2) is 11.4 Å². The van der Waals surface area contributed by atoms with Gasteiger partial charge >= 0.3 is 0 Å². The quantitative estimate of drug-likeness (QED) is 0.621. The van der Waals surface area contributed by atoms with Gasteiger partial charge in [0.2, 0.25) is 0 Å². The number of nitrogens with zero attached hydrogens (tertiary/aromatic N) is 3. The van der Waals surface area contributed by atoms with E-state index in [0.717, 1.165) is 22.2 Å². The number of hydrogen-bond donors (Lipinski definition) is 2. The molecule has 0 spiro atoms. The van der Waals surface area contributed by atoms with Crippen molar-refractivity contribution in [3.63, 3.8) is 0 Å². The molecule has 0 amide bonds. The first-order valence-corrected chi connectivity index (χ1v) is 5.77. The van der Waals surface area contributed by atoms with E-state index in [2.05, 4.69) is 20.4 Å². The number of hydrazine groups is 1. The molecule has 5 nitrogen and oxygen atoms in total. The Hall–Kier alpha value is -1.53. The second-order valence-electron chi connectivity index (χ2n) is 3.51. The zero-order chi connectivity index (χ0) is 11.5. The van der Waals surface area contributed by atoms with Gasteiger partial charge < -0.3 is 5.43 Å². The summed E-state index contributed by atoms with van der Waals surface area (Å²) < 4.78 is 0. The lowest BCUT2D eigenvalue weighted by molar-refractivity contribution is 0.929. The Morgan fingerprint density at radius 3 is 2.69 bits per heavy atom. The van der Waals surface area contributed by atoms with Gasteiger partial charge in [0.05, 0.1) is 6.42 Å². The SMILES string of the molecule is Cc1cc(NN)nc(Cc2nc(C)cs2)n1. The van der Waals surface area contributed by atoms with Crippen LogP contribution in [0.25, 0.3) is 0 Å². The van der Waals surface area contributed by atoms with Crippen LogP contribution in [0.3, 0.4) is 0 Å². The molecule has 3 N–H and O–H groups in total. The van der Waals surface area contributed by atoms with Crippen molar-refractivity contribution in [1.82, 2.24) is 15.0 Å². The zero-order valence-electron chi connectivity index (χ0n) is 9.19. The molecule has 84 valence electrons. The van der Waals surface area contributed by atoms with Crippen molar-refractivity contribution in [3.8, 4) is 0 Å². The second kappa shape index (κ2) is 4.54. The van der Waals surface area contributed by atoms with Crippen LogP contribution >= 0.6 is 11.3 Å². The van der Waals surface area contributed by atoms with Gasteiger partial charge in [0.15, 0.2) is 0 Å². The predicted octanol–water partition coefficient (Wildman–Crippen LogP) is 1.43. The fraction of sp³-hybridized carbons (Fsp3) is 0.300. The maximum Gasteiger partial charge on any atom is 0.143 e. The van der Waals surface area contributed by atoms with E-state index >= 15 is 0 Å². The third-order valence-corrected chi connectivity index (χ3v) is 2.99. The van der Waals surface area contributed by atoms with E-state index in [1.54, 1.807) is 17.4 Å². The predicted molar refractivity (Wildman–Crippen MR) is 64.2 cm³/mol. The summed E-state index contributed by atoms with van der Waals surface area (Å²) in [7, 11) is 0. The molecule has 6 heteroatoms. The van der Waals surface area contributed by atoms with Gasteiger partial charge in [0.25, 0.3) is 0 Å². The van der Waals surface area contributed by atoms with Crippen LogP contribution in [0, 0.1) is 13.8 Å². The Balaban J connectivity index is 2.24. The topological polar surface area (TPSA) is 76.7 Å². The molecule has 0 fully saturated rings. The number of nitrogens with one attached hydrogen (secondary N) is 1. The van der Waals surface area contributed by atoms with Gasteiger partial charge in [0.1, 0.15) is 16.6 Å². The van der Waals surface area contributed by atoms with Crippen molar-refractivity contribution in [2.75, 3.05) is 5.43 Å². The molecule has 0 radical (unpaired) electrons. The van der Waals surface area contributed by atoms with Crippen LogP contribution in [0.4, 0.5) is 5.82 Å². The molecular weight excluding hydrogens is 222 g/mol. The van der Waals surface area contributed by atoms with Gasteiger partial charge in [-0.3, -0.25) is 0 Å². The largest absolute Gasteiger partial charge is 0.308 e. The average molecular weight is 235 g/mol. The lowest BCUT2D eigenvalue weighted by Gasteiger charge is -2.03. The number of aromatic nitrogens is 3. The molecule has 0 unspecified atom stereocenters. The van der Waals surface area contributed by atoms with Crippen molar-refractivity contribution in [3.05, 3.63) is 33.7 Å². The molecule has 0 aromatic carbocycles. The Labute approximate surface area is 97.7 Å².